The molecule has 0 amide bonds. The third-order valence-electron chi connectivity index (χ3n) is 7.30. The Morgan fingerprint density at radius 2 is 1.58 bits per heavy atom. The number of aryl methyl sites for hydroxylation is 2. The summed E-state index contributed by atoms with van der Waals surface area (Å²) in [7, 11) is 0. The number of allylic oxidation sites excluding steroid dienone is 2. The van der Waals surface area contributed by atoms with E-state index in [1.165, 1.54) is 38.8 Å². The molecule has 196 valence electrons. The van der Waals surface area contributed by atoms with Gasteiger partial charge in [-0.25, -0.2) is 4.98 Å². The number of aromatic nitrogens is 1. The highest BCUT2D eigenvalue weighted by Gasteiger charge is 2.21. The molecule has 0 bridgehead atoms. The molecule has 2 heteroatoms. The zero-order valence-electron chi connectivity index (χ0n) is 24.1. The number of anilines is 1. The molecule has 1 aromatic heterocycles. The Bertz CT molecular complexity index is 1450. The van der Waals surface area contributed by atoms with Crippen LogP contribution in [0.25, 0.3) is 27.5 Å². The molecule has 3 aromatic carbocycles. The second-order valence-electron chi connectivity index (χ2n) is 11.6. The number of benzene rings is 3. The van der Waals surface area contributed by atoms with Gasteiger partial charge in [0.2, 0.25) is 0 Å². The monoisotopic (exact) mass is 502 g/mol. The first-order valence-electron chi connectivity index (χ1n) is 13.8. The second-order valence-corrected chi connectivity index (χ2v) is 11.6. The van der Waals surface area contributed by atoms with Gasteiger partial charge in [0.1, 0.15) is 5.82 Å². The van der Waals surface area contributed by atoms with Gasteiger partial charge in [0.05, 0.1) is 0 Å². The van der Waals surface area contributed by atoms with Crippen LogP contribution in [0, 0.1) is 12.3 Å². The lowest BCUT2D eigenvalue weighted by Crippen LogP contribution is -2.25. The summed E-state index contributed by atoms with van der Waals surface area (Å²) in [5.41, 5.74) is 10.0. The molecule has 4 rings (SSSR count). The van der Waals surface area contributed by atoms with Crippen LogP contribution in [0.2, 0.25) is 0 Å². The lowest BCUT2D eigenvalue weighted by atomic mass is 9.90. The minimum Gasteiger partial charge on any atom is -0.326 e. The molecule has 1 heterocycles. The predicted molar refractivity (Wildman–Crippen MR) is 166 cm³/mol. The minimum atomic E-state index is 0.123. The lowest BCUT2D eigenvalue weighted by molar-refractivity contribution is 0.404. The fraction of sp³-hybridized carbons (Fsp3) is 0.306. The summed E-state index contributed by atoms with van der Waals surface area (Å²) >= 11 is 0. The van der Waals surface area contributed by atoms with E-state index in [2.05, 4.69) is 126 Å². The lowest BCUT2D eigenvalue weighted by Gasteiger charge is -2.31. The highest BCUT2D eigenvalue weighted by Crippen LogP contribution is 2.34. The van der Waals surface area contributed by atoms with Crippen LogP contribution in [0.5, 0.6) is 0 Å². The van der Waals surface area contributed by atoms with Crippen molar-refractivity contribution >= 4 is 22.2 Å². The van der Waals surface area contributed by atoms with Gasteiger partial charge in [-0.1, -0.05) is 102 Å². The maximum absolute atomic E-state index is 4.88. The number of rotatable bonds is 9. The molecule has 0 aliphatic heterocycles. The summed E-state index contributed by atoms with van der Waals surface area (Å²) in [6.45, 7) is 22.8. The van der Waals surface area contributed by atoms with E-state index in [1.807, 2.05) is 6.20 Å². The van der Waals surface area contributed by atoms with E-state index in [0.717, 1.165) is 48.3 Å². The average Bonchev–Trinajstić information content (AvgIpc) is 2.90. The van der Waals surface area contributed by atoms with Crippen LogP contribution < -0.4 is 4.90 Å². The summed E-state index contributed by atoms with van der Waals surface area (Å²) in [5, 5.41) is 2.32. The van der Waals surface area contributed by atoms with Gasteiger partial charge in [-0.05, 0) is 88.1 Å². The Hall–Kier alpha value is -3.65. The minimum absolute atomic E-state index is 0.123. The Kier molecular flexibility index (Phi) is 8.21. The summed E-state index contributed by atoms with van der Waals surface area (Å²) in [4.78, 5) is 7.19. The van der Waals surface area contributed by atoms with E-state index in [1.54, 1.807) is 0 Å². The highest BCUT2D eigenvalue weighted by atomic mass is 15.2. The quantitative estimate of drug-likeness (QED) is 0.226. The molecule has 0 spiro atoms. The first-order chi connectivity index (χ1) is 18.1. The molecule has 38 heavy (non-hydrogen) atoms. The highest BCUT2D eigenvalue weighted by molar-refractivity contribution is 5.94. The molecule has 0 aliphatic carbocycles. The number of pyridine rings is 1. The fourth-order valence-corrected chi connectivity index (χ4v) is 5.10. The van der Waals surface area contributed by atoms with Gasteiger partial charge in [0.25, 0.3) is 0 Å². The number of hydrogen-bond acceptors (Lipinski definition) is 2. The molecule has 0 N–H and O–H groups in total. The van der Waals surface area contributed by atoms with E-state index in [0.29, 0.717) is 0 Å². The van der Waals surface area contributed by atoms with Gasteiger partial charge in [-0.15, -0.1) is 0 Å². The van der Waals surface area contributed by atoms with Crippen LogP contribution in [0.3, 0.4) is 0 Å². The van der Waals surface area contributed by atoms with Crippen LogP contribution in [0.4, 0.5) is 5.82 Å². The van der Waals surface area contributed by atoms with Gasteiger partial charge in [0, 0.05) is 23.8 Å². The van der Waals surface area contributed by atoms with Gasteiger partial charge >= 0.3 is 0 Å². The van der Waals surface area contributed by atoms with Gasteiger partial charge in [0.15, 0.2) is 0 Å². The number of fused-ring (bicyclic) bond motifs is 1. The molecule has 4 aromatic rings. The predicted octanol–water partition coefficient (Wildman–Crippen LogP) is 10.2. The largest absolute Gasteiger partial charge is 0.326 e. The summed E-state index contributed by atoms with van der Waals surface area (Å²) < 4.78 is 0. The molecular formula is C36H42N2. The van der Waals surface area contributed by atoms with E-state index < -0.39 is 0 Å². The second kappa shape index (κ2) is 11.4. The average molecular weight is 503 g/mol. The summed E-state index contributed by atoms with van der Waals surface area (Å²) in [6.07, 6.45) is 4.81. The first-order valence-corrected chi connectivity index (χ1v) is 13.8. The Morgan fingerprint density at radius 3 is 2.21 bits per heavy atom. The Balaban J connectivity index is 1.69. The van der Waals surface area contributed by atoms with Crippen molar-refractivity contribution in [3.63, 3.8) is 0 Å². The third-order valence-corrected chi connectivity index (χ3v) is 7.30. The standard InChI is InChI=1S/C36H42N2/c1-9-25(3)31-17-18-34-33(22-31)19-20-37-35(34)38(27(5)23-36(6,7)8)24-28-11-13-30(14-12-28)32-16-15-29(10-2)26(4)21-32/h11-22H,3,5,9-10,23-24H2,1-2,4,6-8H3. The molecule has 0 unspecified atom stereocenters. The molecular weight excluding hydrogens is 460 g/mol. The van der Waals surface area contributed by atoms with E-state index in [4.69, 9.17) is 4.98 Å². The zero-order chi connectivity index (χ0) is 27.4. The first kappa shape index (κ1) is 27.4. The SMILES string of the molecule is C=C(CC)c1ccc2c(N(Cc3ccc(-c4ccc(CC)c(C)c4)cc3)C(=C)CC(C)(C)C)nccc2c1. The fourth-order valence-electron chi connectivity index (χ4n) is 5.10. The van der Waals surface area contributed by atoms with E-state index in [-0.39, 0.29) is 5.41 Å². The smallest absolute Gasteiger partial charge is 0.140 e. The third kappa shape index (κ3) is 6.25. The van der Waals surface area contributed by atoms with Crippen LogP contribution in [0.15, 0.2) is 91.8 Å². The van der Waals surface area contributed by atoms with Crippen molar-refractivity contribution in [1.82, 2.24) is 4.98 Å². The maximum atomic E-state index is 4.88. The summed E-state index contributed by atoms with van der Waals surface area (Å²) in [6, 6.07) is 24.4. The summed E-state index contributed by atoms with van der Waals surface area (Å²) in [5.74, 6) is 0.959. The topological polar surface area (TPSA) is 16.1 Å². The Morgan fingerprint density at radius 1 is 0.868 bits per heavy atom. The number of nitrogens with zero attached hydrogens (tertiary/aromatic N) is 2. The van der Waals surface area contributed by atoms with Crippen LogP contribution in [-0.2, 0) is 13.0 Å². The Labute approximate surface area is 229 Å². The molecule has 0 saturated carbocycles. The van der Waals surface area contributed by atoms with Crippen molar-refractivity contribution in [1.29, 1.82) is 0 Å². The normalized spacial score (nSPS) is 11.5. The van der Waals surface area contributed by atoms with E-state index in [9.17, 15) is 0 Å². The van der Waals surface area contributed by atoms with Crippen LogP contribution >= 0.6 is 0 Å². The van der Waals surface area contributed by atoms with Crippen LogP contribution in [0.1, 0.15) is 69.7 Å². The van der Waals surface area contributed by atoms with Crippen molar-refractivity contribution in [2.75, 3.05) is 4.90 Å². The van der Waals surface area contributed by atoms with Gasteiger partial charge in [-0.2, -0.15) is 0 Å². The van der Waals surface area contributed by atoms with Crippen molar-refractivity contribution in [3.8, 4) is 11.1 Å². The molecule has 2 nitrogen and oxygen atoms in total. The van der Waals surface area contributed by atoms with Crippen molar-refractivity contribution in [2.24, 2.45) is 5.41 Å². The molecule has 0 fully saturated rings. The molecule has 0 atom stereocenters. The van der Waals surface area contributed by atoms with E-state index >= 15 is 0 Å². The number of hydrogen-bond donors (Lipinski definition) is 0. The van der Waals surface area contributed by atoms with Crippen LogP contribution in [-0.4, -0.2) is 4.98 Å². The van der Waals surface area contributed by atoms with Gasteiger partial charge < -0.3 is 4.90 Å². The molecule has 0 aliphatic rings. The molecule has 0 radical (unpaired) electrons. The maximum Gasteiger partial charge on any atom is 0.140 e. The molecule has 0 saturated heterocycles. The van der Waals surface area contributed by atoms with Crippen molar-refractivity contribution < 1.29 is 0 Å². The van der Waals surface area contributed by atoms with Gasteiger partial charge in [-0.3, -0.25) is 0 Å². The van der Waals surface area contributed by atoms with Crippen molar-refractivity contribution in [2.45, 2.75) is 67.3 Å². The zero-order valence-corrected chi connectivity index (χ0v) is 24.1. The van der Waals surface area contributed by atoms with Crippen molar-refractivity contribution in [3.05, 3.63) is 114 Å².